The van der Waals surface area contributed by atoms with Gasteiger partial charge in [0.2, 0.25) is 15.9 Å². The average molecular weight is 440 g/mol. The number of rotatable bonds is 8. The summed E-state index contributed by atoms with van der Waals surface area (Å²) in [5.74, 6) is -0.387. The number of aromatic nitrogens is 1. The Morgan fingerprint density at radius 3 is 2.63 bits per heavy atom. The van der Waals surface area contributed by atoms with Crippen LogP contribution >= 0.6 is 0 Å². The number of methoxy groups -OCH3 is 1. The molecule has 1 aliphatic rings. The predicted molar refractivity (Wildman–Crippen MR) is 112 cm³/mol. The summed E-state index contributed by atoms with van der Waals surface area (Å²) < 4.78 is 39.2. The summed E-state index contributed by atoms with van der Waals surface area (Å²) in [6.07, 6.45) is 1.63. The number of ether oxygens (including phenoxy) is 1. The van der Waals surface area contributed by atoms with Crippen molar-refractivity contribution < 1.29 is 22.4 Å². The molecule has 1 N–H and O–H groups in total. The van der Waals surface area contributed by atoms with Crippen molar-refractivity contribution in [3.05, 3.63) is 28.7 Å². The molecule has 0 saturated carbocycles. The quantitative estimate of drug-likeness (QED) is 0.627. The second-order valence-corrected chi connectivity index (χ2v) is 9.79. The molecule has 9 nitrogen and oxygen atoms in total. The van der Waals surface area contributed by atoms with E-state index in [4.69, 9.17) is 9.15 Å². The number of hydrogen-bond acceptors (Lipinski definition) is 6. The van der Waals surface area contributed by atoms with Gasteiger partial charge in [-0.2, -0.15) is 4.31 Å². The van der Waals surface area contributed by atoms with Crippen molar-refractivity contribution in [1.29, 1.82) is 0 Å². The third-order valence-electron chi connectivity index (χ3n) is 5.41. The number of nitrogens with one attached hydrogen (secondary N) is 1. The fourth-order valence-corrected chi connectivity index (χ4v) is 5.28. The Balaban J connectivity index is 1.67. The SMILES string of the molecule is COCCNC(=O)CC1CCN(S(=O)(=O)c2ccc3c(c2)oc(=O)n3C(C)C)CC1. The number of carbonyl (C=O) groups excluding carboxylic acids is 1. The van der Waals surface area contributed by atoms with Crippen molar-refractivity contribution >= 4 is 27.0 Å². The minimum absolute atomic E-state index is 0.0384. The van der Waals surface area contributed by atoms with E-state index in [0.717, 1.165) is 0 Å². The summed E-state index contributed by atoms with van der Waals surface area (Å²) in [5, 5.41) is 2.80. The van der Waals surface area contributed by atoms with E-state index >= 15 is 0 Å². The number of hydrogen-bond donors (Lipinski definition) is 1. The number of carbonyl (C=O) groups is 1. The smallest absolute Gasteiger partial charge is 0.408 e. The van der Waals surface area contributed by atoms with Gasteiger partial charge in [0.05, 0.1) is 17.0 Å². The monoisotopic (exact) mass is 439 g/mol. The Labute approximate surface area is 176 Å². The summed E-state index contributed by atoms with van der Waals surface area (Å²) >= 11 is 0. The average Bonchev–Trinajstić information content (AvgIpc) is 3.03. The summed E-state index contributed by atoms with van der Waals surface area (Å²) in [6.45, 7) is 5.37. The molecule has 1 fully saturated rings. The topological polar surface area (TPSA) is 111 Å². The first-order valence-electron chi connectivity index (χ1n) is 10.1. The second kappa shape index (κ2) is 9.32. The zero-order valence-corrected chi connectivity index (χ0v) is 18.4. The van der Waals surface area contributed by atoms with E-state index in [1.54, 1.807) is 13.2 Å². The van der Waals surface area contributed by atoms with Crippen molar-refractivity contribution in [2.75, 3.05) is 33.4 Å². The minimum Gasteiger partial charge on any atom is -0.408 e. The Kier molecular flexibility index (Phi) is 6.99. The molecule has 0 unspecified atom stereocenters. The minimum atomic E-state index is -3.70. The van der Waals surface area contributed by atoms with Crippen molar-refractivity contribution in [2.45, 2.75) is 44.0 Å². The molecule has 30 heavy (non-hydrogen) atoms. The van der Waals surface area contributed by atoms with Gasteiger partial charge < -0.3 is 14.5 Å². The lowest BCUT2D eigenvalue weighted by molar-refractivity contribution is -0.122. The van der Waals surface area contributed by atoms with Gasteiger partial charge in [-0.25, -0.2) is 13.2 Å². The molecular weight excluding hydrogens is 410 g/mol. The van der Waals surface area contributed by atoms with Crippen LogP contribution in [-0.4, -0.2) is 56.5 Å². The largest absolute Gasteiger partial charge is 0.420 e. The van der Waals surface area contributed by atoms with E-state index in [1.807, 2.05) is 13.8 Å². The third-order valence-corrected chi connectivity index (χ3v) is 7.31. The normalized spacial score (nSPS) is 16.4. The number of amides is 1. The first-order valence-corrected chi connectivity index (χ1v) is 11.6. The van der Waals surface area contributed by atoms with E-state index in [1.165, 1.54) is 21.0 Å². The highest BCUT2D eigenvalue weighted by atomic mass is 32.2. The molecule has 0 radical (unpaired) electrons. The summed E-state index contributed by atoms with van der Waals surface area (Å²) in [7, 11) is -2.12. The molecule has 10 heteroatoms. The molecular formula is C20H29N3O6S. The number of nitrogens with zero attached hydrogens (tertiary/aromatic N) is 2. The molecule has 0 bridgehead atoms. The molecule has 0 spiro atoms. The van der Waals surface area contributed by atoms with Gasteiger partial charge in [-0.1, -0.05) is 0 Å². The Bertz CT molecular complexity index is 1050. The van der Waals surface area contributed by atoms with Crippen LogP contribution in [0.2, 0.25) is 0 Å². The molecule has 1 aromatic heterocycles. The van der Waals surface area contributed by atoms with E-state index < -0.39 is 15.8 Å². The molecule has 0 atom stereocenters. The van der Waals surface area contributed by atoms with Gasteiger partial charge in [-0.15, -0.1) is 0 Å². The van der Waals surface area contributed by atoms with Crippen LogP contribution in [0, 0.1) is 5.92 Å². The summed E-state index contributed by atoms with van der Waals surface area (Å²) in [6, 6.07) is 4.46. The Morgan fingerprint density at radius 2 is 2.00 bits per heavy atom. The van der Waals surface area contributed by atoms with Crippen LogP contribution in [0.25, 0.3) is 11.1 Å². The zero-order chi connectivity index (χ0) is 21.9. The molecule has 166 valence electrons. The second-order valence-electron chi connectivity index (χ2n) is 7.86. The number of sulfonamides is 1. The molecule has 1 aromatic carbocycles. The van der Waals surface area contributed by atoms with Crippen molar-refractivity contribution in [3.8, 4) is 0 Å². The van der Waals surface area contributed by atoms with E-state index in [9.17, 15) is 18.0 Å². The van der Waals surface area contributed by atoms with Gasteiger partial charge in [0, 0.05) is 45.3 Å². The number of benzene rings is 1. The standard InChI is InChI=1S/C20H29N3O6S/c1-14(2)23-17-5-4-16(13-18(17)29-20(23)25)30(26,27)22-9-6-15(7-10-22)12-19(24)21-8-11-28-3/h4-5,13-15H,6-12H2,1-3H3,(H,21,24). The van der Waals surface area contributed by atoms with Gasteiger partial charge in [0.1, 0.15) is 0 Å². The van der Waals surface area contributed by atoms with Gasteiger partial charge in [0.15, 0.2) is 5.58 Å². The molecule has 2 heterocycles. The highest BCUT2D eigenvalue weighted by Gasteiger charge is 2.30. The lowest BCUT2D eigenvalue weighted by Gasteiger charge is -2.31. The lowest BCUT2D eigenvalue weighted by atomic mass is 9.94. The zero-order valence-electron chi connectivity index (χ0n) is 17.6. The Hall–Kier alpha value is -2.17. The summed E-state index contributed by atoms with van der Waals surface area (Å²) in [5.41, 5.74) is 0.838. The van der Waals surface area contributed by atoms with Crippen LogP contribution < -0.4 is 11.1 Å². The van der Waals surface area contributed by atoms with Crippen molar-refractivity contribution in [3.63, 3.8) is 0 Å². The first kappa shape index (κ1) is 22.5. The fraction of sp³-hybridized carbons (Fsp3) is 0.600. The number of oxazole rings is 1. The van der Waals surface area contributed by atoms with Gasteiger partial charge in [0.25, 0.3) is 0 Å². The molecule has 1 aliphatic heterocycles. The van der Waals surface area contributed by atoms with Crippen LogP contribution in [0.1, 0.15) is 39.2 Å². The van der Waals surface area contributed by atoms with E-state index in [2.05, 4.69) is 5.32 Å². The van der Waals surface area contributed by atoms with Crippen LogP contribution in [0.3, 0.4) is 0 Å². The van der Waals surface area contributed by atoms with Gasteiger partial charge in [-0.05, 0) is 44.7 Å². The van der Waals surface area contributed by atoms with Crippen LogP contribution in [0.15, 0.2) is 32.3 Å². The summed E-state index contributed by atoms with van der Waals surface area (Å²) in [4.78, 5) is 24.1. The highest BCUT2D eigenvalue weighted by Crippen LogP contribution is 2.27. The molecule has 3 rings (SSSR count). The van der Waals surface area contributed by atoms with E-state index in [-0.39, 0.29) is 28.3 Å². The fourth-order valence-electron chi connectivity index (χ4n) is 3.80. The molecule has 1 amide bonds. The lowest BCUT2D eigenvalue weighted by Crippen LogP contribution is -2.39. The molecule has 0 aliphatic carbocycles. The first-order chi connectivity index (χ1) is 14.2. The number of fused-ring (bicyclic) bond motifs is 1. The Morgan fingerprint density at radius 1 is 1.30 bits per heavy atom. The van der Waals surface area contributed by atoms with Crippen LogP contribution in [0.4, 0.5) is 0 Å². The highest BCUT2D eigenvalue weighted by molar-refractivity contribution is 7.89. The van der Waals surface area contributed by atoms with E-state index in [0.29, 0.717) is 51.0 Å². The van der Waals surface area contributed by atoms with Gasteiger partial charge in [-0.3, -0.25) is 9.36 Å². The van der Waals surface area contributed by atoms with Crippen LogP contribution in [0.5, 0.6) is 0 Å². The van der Waals surface area contributed by atoms with Gasteiger partial charge >= 0.3 is 5.76 Å². The number of piperidine rings is 1. The van der Waals surface area contributed by atoms with Crippen molar-refractivity contribution in [2.24, 2.45) is 5.92 Å². The molecule has 2 aromatic rings. The van der Waals surface area contributed by atoms with Crippen LogP contribution in [-0.2, 0) is 19.6 Å². The maximum atomic E-state index is 13.1. The predicted octanol–water partition coefficient (Wildman–Crippen LogP) is 1.73. The van der Waals surface area contributed by atoms with Crippen molar-refractivity contribution in [1.82, 2.24) is 14.2 Å². The maximum absolute atomic E-state index is 13.1. The maximum Gasteiger partial charge on any atom is 0.420 e. The molecule has 1 saturated heterocycles. The third kappa shape index (κ3) is 4.76.